The topological polar surface area (TPSA) is 131 Å². The Labute approximate surface area is 180 Å². The maximum atomic E-state index is 12.8. The van der Waals surface area contributed by atoms with Gasteiger partial charge < -0.3 is 11.1 Å². The van der Waals surface area contributed by atoms with E-state index in [0.29, 0.717) is 11.3 Å². The standard InChI is InChI=1S/C23H26N4O4/c1-14-9-10-15(2)19(13-14)25-20(28)12-11-18(26-27-23(31)22(24)30)16(3)21(29)17-7-5-4-6-8-17/h4-10,13,16H,11-12H2,1-3H3,(H2,24,30)(H,25,28)(H,27,31)/b26-18-/t16-/m0/s1. The van der Waals surface area contributed by atoms with Gasteiger partial charge in [-0.25, -0.2) is 5.43 Å². The number of carbonyl (C=O) groups is 4. The van der Waals surface area contributed by atoms with Gasteiger partial charge in [0, 0.05) is 23.4 Å². The number of aryl methyl sites for hydroxylation is 2. The highest BCUT2D eigenvalue weighted by molar-refractivity contribution is 6.34. The molecular weight excluding hydrogens is 396 g/mol. The Morgan fingerprint density at radius 1 is 1.00 bits per heavy atom. The molecule has 0 unspecified atom stereocenters. The third-order valence-corrected chi connectivity index (χ3v) is 4.75. The minimum Gasteiger partial charge on any atom is -0.361 e. The Balaban J connectivity index is 2.14. The number of hydrogen-bond acceptors (Lipinski definition) is 5. The fraction of sp³-hybridized carbons (Fsp3) is 0.261. The average Bonchev–Trinajstić information content (AvgIpc) is 2.75. The second-order valence-electron chi connectivity index (χ2n) is 7.23. The number of nitrogens with two attached hydrogens (primary N) is 1. The van der Waals surface area contributed by atoms with Crippen molar-refractivity contribution in [1.82, 2.24) is 5.43 Å². The first-order chi connectivity index (χ1) is 14.7. The van der Waals surface area contributed by atoms with Gasteiger partial charge in [-0.15, -0.1) is 0 Å². The molecule has 0 aliphatic rings. The maximum absolute atomic E-state index is 12.8. The third kappa shape index (κ3) is 6.88. The number of hydrogen-bond donors (Lipinski definition) is 3. The summed E-state index contributed by atoms with van der Waals surface area (Å²) in [5, 5.41) is 6.77. The highest BCUT2D eigenvalue weighted by atomic mass is 16.2. The van der Waals surface area contributed by atoms with E-state index in [1.54, 1.807) is 37.3 Å². The predicted molar refractivity (Wildman–Crippen MR) is 118 cm³/mol. The van der Waals surface area contributed by atoms with Crippen LogP contribution in [-0.4, -0.2) is 29.2 Å². The molecule has 3 amide bonds. The molecule has 0 bridgehead atoms. The minimum atomic E-state index is -1.20. The molecule has 0 fully saturated rings. The molecule has 4 N–H and O–H groups in total. The van der Waals surface area contributed by atoms with Crippen molar-refractivity contribution in [2.75, 3.05) is 5.32 Å². The van der Waals surface area contributed by atoms with Crippen molar-refractivity contribution in [2.45, 2.75) is 33.6 Å². The molecule has 2 aromatic rings. The van der Waals surface area contributed by atoms with Crippen molar-refractivity contribution < 1.29 is 19.2 Å². The minimum absolute atomic E-state index is 0.0328. The summed E-state index contributed by atoms with van der Waals surface area (Å²) in [7, 11) is 0. The first kappa shape index (κ1) is 23.5. The SMILES string of the molecule is Cc1ccc(C)c(NC(=O)CC/C(=N/NC(=O)C(N)=O)[C@H](C)C(=O)c2ccccc2)c1. The van der Waals surface area contributed by atoms with Crippen LogP contribution in [0, 0.1) is 19.8 Å². The third-order valence-electron chi connectivity index (χ3n) is 4.75. The number of ketones is 1. The molecule has 0 spiro atoms. The van der Waals surface area contributed by atoms with Crippen molar-refractivity contribution in [2.24, 2.45) is 16.8 Å². The van der Waals surface area contributed by atoms with Crippen LogP contribution in [0.2, 0.25) is 0 Å². The van der Waals surface area contributed by atoms with E-state index in [1.807, 2.05) is 32.0 Å². The summed E-state index contributed by atoms with van der Waals surface area (Å²) in [6.07, 6.45) is 0.139. The largest absolute Gasteiger partial charge is 0.361 e. The van der Waals surface area contributed by atoms with Crippen LogP contribution in [0.4, 0.5) is 5.69 Å². The van der Waals surface area contributed by atoms with E-state index in [-0.39, 0.29) is 30.2 Å². The van der Waals surface area contributed by atoms with Gasteiger partial charge >= 0.3 is 11.8 Å². The van der Waals surface area contributed by atoms with E-state index in [0.717, 1.165) is 11.1 Å². The number of rotatable bonds is 8. The molecule has 8 nitrogen and oxygen atoms in total. The molecule has 2 aromatic carbocycles. The summed E-state index contributed by atoms with van der Waals surface area (Å²) in [6, 6.07) is 14.4. The number of nitrogens with zero attached hydrogens (tertiary/aromatic N) is 1. The number of benzene rings is 2. The van der Waals surface area contributed by atoms with E-state index in [4.69, 9.17) is 5.73 Å². The zero-order chi connectivity index (χ0) is 23.0. The summed E-state index contributed by atoms with van der Waals surface area (Å²) in [5.74, 6) is -3.50. The summed E-state index contributed by atoms with van der Waals surface area (Å²) in [5.41, 5.74) is 10.4. The van der Waals surface area contributed by atoms with Crippen molar-refractivity contribution in [3.05, 3.63) is 65.2 Å². The van der Waals surface area contributed by atoms with Crippen LogP contribution in [0.3, 0.4) is 0 Å². The van der Waals surface area contributed by atoms with Crippen LogP contribution < -0.4 is 16.5 Å². The lowest BCUT2D eigenvalue weighted by molar-refractivity contribution is -0.137. The van der Waals surface area contributed by atoms with Gasteiger partial charge in [-0.1, -0.05) is 42.5 Å². The van der Waals surface area contributed by atoms with Gasteiger partial charge in [0.05, 0.1) is 5.92 Å². The van der Waals surface area contributed by atoms with E-state index in [9.17, 15) is 19.2 Å². The van der Waals surface area contributed by atoms with E-state index in [1.165, 1.54) is 0 Å². The molecule has 0 aliphatic heterocycles. The molecular formula is C23H26N4O4. The highest BCUT2D eigenvalue weighted by Crippen LogP contribution is 2.18. The van der Waals surface area contributed by atoms with E-state index >= 15 is 0 Å². The van der Waals surface area contributed by atoms with Crippen LogP contribution in [0.25, 0.3) is 0 Å². The molecule has 1 atom stereocenters. The Morgan fingerprint density at radius 2 is 1.68 bits per heavy atom. The maximum Gasteiger partial charge on any atom is 0.329 e. The number of hydrazone groups is 1. The molecule has 0 saturated heterocycles. The number of anilines is 1. The molecule has 31 heavy (non-hydrogen) atoms. The molecule has 162 valence electrons. The van der Waals surface area contributed by atoms with Crippen LogP contribution in [0.15, 0.2) is 53.6 Å². The highest BCUT2D eigenvalue weighted by Gasteiger charge is 2.22. The van der Waals surface area contributed by atoms with Gasteiger partial charge in [-0.2, -0.15) is 5.10 Å². The van der Waals surface area contributed by atoms with Crippen molar-refractivity contribution in [3.8, 4) is 0 Å². The zero-order valence-corrected chi connectivity index (χ0v) is 17.8. The molecule has 2 rings (SSSR count). The monoisotopic (exact) mass is 422 g/mol. The van der Waals surface area contributed by atoms with Crippen molar-refractivity contribution in [1.29, 1.82) is 0 Å². The summed E-state index contributed by atoms with van der Waals surface area (Å²) < 4.78 is 0. The first-order valence-electron chi connectivity index (χ1n) is 9.81. The Morgan fingerprint density at radius 3 is 2.32 bits per heavy atom. The van der Waals surface area contributed by atoms with E-state index in [2.05, 4.69) is 15.8 Å². The molecule has 0 heterocycles. The lowest BCUT2D eigenvalue weighted by Crippen LogP contribution is -2.35. The van der Waals surface area contributed by atoms with Crippen molar-refractivity contribution in [3.63, 3.8) is 0 Å². The van der Waals surface area contributed by atoms with Crippen LogP contribution in [-0.2, 0) is 14.4 Å². The first-order valence-corrected chi connectivity index (χ1v) is 9.81. The number of Topliss-reactive ketones (excluding diaryl/α,β-unsaturated/α-hetero) is 1. The van der Waals surface area contributed by atoms with Gasteiger partial charge in [0.2, 0.25) is 5.91 Å². The Bertz CT molecular complexity index is 1020. The molecule has 0 aromatic heterocycles. The van der Waals surface area contributed by atoms with Gasteiger partial charge in [0.25, 0.3) is 0 Å². The molecule has 0 aliphatic carbocycles. The van der Waals surface area contributed by atoms with Crippen molar-refractivity contribution >= 4 is 34.9 Å². The summed E-state index contributed by atoms with van der Waals surface area (Å²) in [4.78, 5) is 47.8. The zero-order valence-electron chi connectivity index (χ0n) is 17.8. The van der Waals surface area contributed by atoms with Gasteiger partial charge in [0.15, 0.2) is 5.78 Å². The Hall–Kier alpha value is -3.81. The summed E-state index contributed by atoms with van der Waals surface area (Å²) in [6.45, 7) is 5.45. The molecule has 0 radical (unpaired) electrons. The lowest BCUT2D eigenvalue weighted by atomic mass is 9.92. The van der Waals surface area contributed by atoms with Crippen LogP contribution in [0.5, 0.6) is 0 Å². The number of carbonyl (C=O) groups excluding carboxylic acids is 4. The fourth-order valence-electron chi connectivity index (χ4n) is 2.88. The number of amides is 3. The van der Waals surface area contributed by atoms with Gasteiger partial charge in [0.1, 0.15) is 0 Å². The lowest BCUT2D eigenvalue weighted by Gasteiger charge is -2.15. The summed E-state index contributed by atoms with van der Waals surface area (Å²) >= 11 is 0. The predicted octanol–water partition coefficient (Wildman–Crippen LogP) is 2.50. The van der Waals surface area contributed by atoms with Crippen LogP contribution >= 0.6 is 0 Å². The van der Waals surface area contributed by atoms with Gasteiger partial charge in [-0.05, 0) is 44.4 Å². The second kappa shape index (κ2) is 10.8. The normalized spacial score (nSPS) is 12.0. The molecule has 8 heteroatoms. The number of nitrogens with one attached hydrogen (secondary N) is 2. The smallest absolute Gasteiger partial charge is 0.329 e. The van der Waals surface area contributed by atoms with Gasteiger partial charge in [-0.3, -0.25) is 19.2 Å². The quantitative estimate of drug-likeness (QED) is 0.261. The Kier molecular flexibility index (Phi) is 8.19. The van der Waals surface area contributed by atoms with Crippen LogP contribution in [0.1, 0.15) is 41.3 Å². The van der Waals surface area contributed by atoms with E-state index < -0.39 is 17.7 Å². The average molecular weight is 422 g/mol. The number of primary amides is 1. The fourth-order valence-corrected chi connectivity index (χ4v) is 2.88. The second-order valence-corrected chi connectivity index (χ2v) is 7.23. The molecule has 0 saturated carbocycles.